The van der Waals surface area contributed by atoms with E-state index >= 15 is 0 Å². The Balaban J connectivity index is 0.000000373. The van der Waals surface area contributed by atoms with E-state index in [1.807, 2.05) is 44.2 Å². The smallest absolute Gasteiger partial charge is 0.0705 e. The van der Waals surface area contributed by atoms with Gasteiger partial charge in [-0.3, -0.25) is 9.98 Å². The number of pyridine rings is 1. The summed E-state index contributed by atoms with van der Waals surface area (Å²) < 4.78 is 0. The quantitative estimate of drug-likeness (QED) is 0.165. The Bertz CT molecular complexity index is 2220. The summed E-state index contributed by atoms with van der Waals surface area (Å²) in [7, 11) is 0. The lowest BCUT2D eigenvalue weighted by molar-refractivity contribution is 0.574. The lowest BCUT2D eigenvalue weighted by Crippen LogP contribution is -2.10. The predicted octanol–water partition coefficient (Wildman–Crippen LogP) is 14.0. The highest BCUT2D eigenvalue weighted by Gasteiger charge is 2.20. The van der Waals surface area contributed by atoms with E-state index < -0.39 is 0 Å². The summed E-state index contributed by atoms with van der Waals surface area (Å²) in [4.78, 5) is 9.01. The molecule has 1 aliphatic carbocycles. The molecule has 272 valence electrons. The third-order valence-corrected chi connectivity index (χ3v) is 10.1. The van der Waals surface area contributed by atoms with E-state index in [1.165, 1.54) is 79.4 Å². The molecule has 54 heavy (non-hydrogen) atoms. The molecule has 1 N–H and O–H groups in total. The van der Waals surface area contributed by atoms with Crippen LogP contribution in [0.5, 0.6) is 0 Å². The molecule has 1 heterocycles. The van der Waals surface area contributed by atoms with E-state index in [1.54, 1.807) is 0 Å². The van der Waals surface area contributed by atoms with Crippen LogP contribution in [-0.2, 0) is 13.0 Å². The van der Waals surface area contributed by atoms with Crippen LogP contribution < -0.4 is 0 Å². The second kappa shape index (κ2) is 19.8. The molecule has 2 atom stereocenters. The second-order valence-electron chi connectivity index (χ2n) is 13.5. The molecule has 0 amide bonds. The van der Waals surface area contributed by atoms with Crippen molar-refractivity contribution in [2.24, 2.45) is 4.99 Å². The van der Waals surface area contributed by atoms with Crippen molar-refractivity contribution < 1.29 is 0 Å². The van der Waals surface area contributed by atoms with Crippen molar-refractivity contribution in [3.05, 3.63) is 186 Å². The van der Waals surface area contributed by atoms with Gasteiger partial charge >= 0.3 is 0 Å². The van der Waals surface area contributed by atoms with E-state index in [0.717, 1.165) is 18.7 Å². The molecule has 0 saturated carbocycles. The Morgan fingerprint density at radius 3 is 1.91 bits per heavy atom. The predicted molar refractivity (Wildman–Crippen MR) is 234 cm³/mol. The summed E-state index contributed by atoms with van der Waals surface area (Å²) in [6, 6.07) is 56.8. The minimum atomic E-state index is 0.281. The summed E-state index contributed by atoms with van der Waals surface area (Å²) in [6.45, 7) is 15.3. The summed E-state index contributed by atoms with van der Waals surface area (Å²) in [5.41, 5.74) is 13.8. The van der Waals surface area contributed by atoms with Crippen molar-refractivity contribution >= 4 is 24.2 Å². The van der Waals surface area contributed by atoms with Gasteiger partial charge in [0.2, 0.25) is 0 Å². The van der Waals surface area contributed by atoms with E-state index in [4.69, 9.17) is 10.4 Å². The molecule has 3 heteroatoms. The van der Waals surface area contributed by atoms with Gasteiger partial charge in [0, 0.05) is 17.2 Å². The molecule has 0 fully saturated rings. The highest BCUT2D eigenvalue weighted by molar-refractivity contribution is 5.87. The fourth-order valence-electron chi connectivity index (χ4n) is 7.12. The minimum absolute atomic E-state index is 0.281. The van der Waals surface area contributed by atoms with E-state index in [9.17, 15) is 0 Å². The van der Waals surface area contributed by atoms with Gasteiger partial charge in [0.25, 0.3) is 0 Å². The lowest BCUT2D eigenvalue weighted by Gasteiger charge is -2.22. The van der Waals surface area contributed by atoms with Crippen LogP contribution in [0.4, 0.5) is 0 Å². The number of fused-ring (bicyclic) bond motifs is 2. The lowest BCUT2D eigenvalue weighted by atomic mass is 9.86. The maximum Gasteiger partial charge on any atom is 0.0705 e. The van der Waals surface area contributed by atoms with Crippen molar-refractivity contribution in [2.75, 3.05) is 0 Å². The zero-order chi connectivity index (χ0) is 38.3. The van der Waals surface area contributed by atoms with Gasteiger partial charge in [0.15, 0.2) is 0 Å². The number of aromatic nitrogens is 1. The Morgan fingerprint density at radius 1 is 0.630 bits per heavy atom. The number of rotatable bonds is 7. The maximum absolute atomic E-state index is 5.50. The molecular formula is C51H53N3. The molecule has 0 bridgehead atoms. The molecular weight excluding hydrogens is 655 g/mol. The SMILES string of the molecule is C=N.C=NCc1ccccc1.CC.CC1CCCc2ccc(-c3cc(-c4ccc(-c5ccc6ccccc6c5)cc4)cc(C(C)c4ccccc4)c3)nc21. The Kier molecular flexibility index (Phi) is 14.4. The van der Waals surface area contributed by atoms with Crippen LogP contribution in [0.15, 0.2) is 163 Å². The van der Waals surface area contributed by atoms with Crippen molar-refractivity contribution in [3.8, 4) is 33.5 Å². The van der Waals surface area contributed by atoms with E-state index in [2.05, 4.69) is 160 Å². The highest BCUT2D eigenvalue weighted by atomic mass is 14.7. The summed E-state index contributed by atoms with van der Waals surface area (Å²) in [6.07, 6.45) is 3.63. The molecule has 0 aliphatic heterocycles. The van der Waals surface area contributed by atoms with Gasteiger partial charge in [-0.15, -0.1) is 0 Å². The minimum Gasteiger partial charge on any atom is -0.317 e. The average molecular weight is 708 g/mol. The van der Waals surface area contributed by atoms with Crippen molar-refractivity contribution in [2.45, 2.75) is 65.3 Å². The van der Waals surface area contributed by atoms with Crippen LogP contribution in [0.1, 0.15) is 80.3 Å². The Labute approximate surface area is 323 Å². The number of aliphatic imine (C=N–C) groups is 1. The zero-order valence-corrected chi connectivity index (χ0v) is 32.3. The van der Waals surface area contributed by atoms with Crippen LogP contribution in [0.2, 0.25) is 0 Å². The first-order chi connectivity index (χ1) is 26.6. The Hall–Kier alpha value is -5.93. The fraction of sp³-hybridized carbons (Fsp3) is 0.196. The molecule has 3 nitrogen and oxygen atoms in total. The third-order valence-electron chi connectivity index (χ3n) is 10.1. The first-order valence-corrected chi connectivity index (χ1v) is 19.2. The summed E-state index contributed by atoms with van der Waals surface area (Å²) in [5, 5.41) is 8.04. The number of hydrogen-bond donors (Lipinski definition) is 1. The van der Waals surface area contributed by atoms with Crippen molar-refractivity contribution in [3.63, 3.8) is 0 Å². The van der Waals surface area contributed by atoms with Gasteiger partial charge in [-0.1, -0.05) is 161 Å². The fourth-order valence-corrected chi connectivity index (χ4v) is 7.12. The zero-order valence-electron chi connectivity index (χ0n) is 32.3. The van der Waals surface area contributed by atoms with Crippen molar-refractivity contribution in [1.29, 1.82) is 5.41 Å². The van der Waals surface area contributed by atoms with Crippen LogP contribution in [0, 0.1) is 5.41 Å². The molecule has 1 aliphatic rings. The standard InChI is InChI=1S/C40H35N.C8H9N.C2H6.CH3N/c1-27-9-8-14-33-21-22-39(41-40(27)33)38-25-36(28(2)29-10-4-3-5-11-29)24-37(26-38)32-17-15-31(16-18-32)35-20-19-30-12-6-7-13-34(30)23-35;1-9-7-8-5-3-2-4-6-8;2*1-2/h3-7,10-13,15-28H,8-9,14H2,1-2H3;2-6H,1,7H2;1-2H3;2H,1H2. The number of nitrogens with one attached hydrogen (secondary N) is 1. The second-order valence-corrected chi connectivity index (χ2v) is 13.5. The highest BCUT2D eigenvalue weighted by Crippen LogP contribution is 2.36. The molecule has 7 aromatic rings. The molecule has 1 aromatic heterocycles. The van der Waals surface area contributed by atoms with Crippen LogP contribution in [0.3, 0.4) is 0 Å². The van der Waals surface area contributed by atoms with Gasteiger partial charge in [-0.2, -0.15) is 0 Å². The van der Waals surface area contributed by atoms with Crippen LogP contribution in [0.25, 0.3) is 44.3 Å². The van der Waals surface area contributed by atoms with Crippen LogP contribution >= 0.6 is 0 Å². The summed E-state index contributed by atoms with van der Waals surface area (Å²) in [5.74, 6) is 0.801. The Morgan fingerprint density at radius 2 is 1.22 bits per heavy atom. The number of nitrogens with zero attached hydrogens (tertiary/aromatic N) is 2. The van der Waals surface area contributed by atoms with Gasteiger partial charge in [0.1, 0.15) is 0 Å². The number of benzene rings is 6. The molecule has 0 radical (unpaired) electrons. The molecule has 0 spiro atoms. The van der Waals surface area contributed by atoms with Gasteiger partial charge in [-0.05, 0) is 118 Å². The number of hydrogen-bond acceptors (Lipinski definition) is 3. The van der Waals surface area contributed by atoms with Crippen LogP contribution in [-0.4, -0.2) is 18.4 Å². The monoisotopic (exact) mass is 707 g/mol. The number of aryl methyl sites for hydroxylation is 1. The van der Waals surface area contributed by atoms with E-state index in [-0.39, 0.29) is 5.92 Å². The molecule has 8 rings (SSSR count). The molecule has 2 unspecified atom stereocenters. The van der Waals surface area contributed by atoms with Gasteiger partial charge < -0.3 is 5.41 Å². The molecule has 0 saturated heterocycles. The van der Waals surface area contributed by atoms with Gasteiger partial charge in [-0.25, -0.2) is 0 Å². The maximum atomic E-state index is 5.50. The topological polar surface area (TPSA) is 49.1 Å². The van der Waals surface area contributed by atoms with E-state index in [0.29, 0.717) is 5.92 Å². The largest absolute Gasteiger partial charge is 0.317 e. The first kappa shape index (κ1) is 39.3. The summed E-state index contributed by atoms with van der Waals surface area (Å²) >= 11 is 0. The van der Waals surface area contributed by atoms with Gasteiger partial charge in [0.05, 0.1) is 12.2 Å². The third kappa shape index (κ3) is 9.73. The first-order valence-electron chi connectivity index (χ1n) is 19.2. The average Bonchev–Trinajstić information content (AvgIpc) is 3.25. The van der Waals surface area contributed by atoms with Crippen molar-refractivity contribution in [1.82, 2.24) is 4.98 Å². The molecule has 6 aromatic carbocycles. The normalized spacial score (nSPS) is 13.4.